The van der Waals surface area contributed by atoms with Gasteiger partial charge in [0.05, 0.1) is 13.2 Å². The number of carbonyl (C=O) groups is 2. The number of hydrogen-bond donors (Lipinski definition) is 1. The number of ether oxygens (including phenoxy) is 2. The van der Waals surface area contributed by atoms with Gasteiger partial charge in [-0.15, -0.1) is 0 Å². The molecular weight excluding hydrogens is 460 g/mol. The number of hydrogen-bond acceptors (Lipinski definition) is 7. The Bertz CT molecular complexity index is 1010. The Balaban J connectivity index is 1.39. The molecule has 4 rings (SSSR count). The second-order valence-electron chi connectivity index (χ2n) is 9.38. The lowest BCUT2D eigenvalue weighted by molar-refractivity contribution is -0.136. The number of aliphatic hydroxyl groups is 1. The van der Waals surface area contributed by atoms with Crippen LogP contribution >= 0.6 is 0 Å². The summed E-state index contributed by atoms with van der Waals surface area (Å²) in [5.41, 5.74) is 1.41. The summed E-state index contributed by atoms with van der Waals surface area (Å²) in [5.74, 6) is 0.660. The van der Waals surface area contributed by atoms with Crippen LogP contribution in [0.2, 0.25) is 0 Å². The largest absolute Gasteiger partial charge is 0.491 e. The molecule has 0 aliphatic carbocycles. The van der Waals surface area contributed by atoms with Gasteiger partial charge >= 0.3 is 6.03 Å². The van der Waals surface area contributed by atoms with E-state index in [-0.39, 0.29) is 25.2 Å². The summed E-state index contributed by atoms with van der Waals surface area (Å²) >= 11 is 0. The molecule has 2 fully saturated rings. The Hall–Kier alpha value is -3.01. The summed E-state index contributed by atoms with van der Waals surface area (Å²) in [7, 11) is 1.61. The zero-order chi connectivity index (χ0) is 25.4. The average Bonchev–Trinajstić information content (AvgIpc) is 3.09. The van der Waals surface area contributed by atoms with Gasteiger partial charge in [-0.05, 0) is 55.0 Å². The number of carbonyl (C=O) groups excluding carboxylic acids is 2. The number of methoxy groups -OCH3 is 1. The molecule has 9 heteroatoms. The molecule has 1 aromatic heterocycles. The third-order valence-corrected chi connectivity index (χ3v) is 7.06. The Morgan fingerprint density at radius 1 is 1.06 bits per heavy atom. The van der Waals surface area contributed by atoms with E-state index in [1.54, 1.807) is 18.2 Å². The van der Waals surface area contributed by atoms with Crippen molar-refractivity contribution in [1.82, 2.24) is 19.7 Å². The van der Waals surface area contributed by atoms with E-state index < -0.39 is 5.54 Å². The van der Waals surface area contributed by atoms with Crippen molar-refractivity contribution in [1.29, 1.82) is 0 Å². The first-order valence-corrected chi connectivity index (χ1v) is 12.6. The maximum absolute atomic E-state index is 13.7. The second kappa shape index (κ2) is 12.3. The van der Waals surface area contributed by atoms with Gasteiger partial charge in [-0.3, -0.25) is 19.6 Å². The Kier molecular flexibility index (Phi) is 8.90. The van der Waals surface area contributed by atoms with Crippen molar-refractivity contribution in [2.45, 2.75) is 37.8 Å². The van der Waals surface area contributed by atoms with Gasteiger partial charge < -0.3 is 19.5 Å². The molecule has 0 bridgehead atoms. The van der Waals surface area contributed by atoms with Crippen molar-refractivity contribution >= 4 is 11.9 Å². The highest BCUT2D eigenvalue weighted by Gasteiger charge is 2.57. The zero-order valence-corrected chi connectivity index (χ0v) is 21.0. The molecule has 3 heterocycles. The summed E-state index contributed by atoms with van der Waals surface area (Å²) < 4.78 is 10.8. The Morgan fingerprint density at radius 3 is 2.58 bits per heavy atom. The fourth-order valence-electron chi connectivity index (χ4n) is 5.18. The van der Waals surface area contributed by atoms with Crippen LogP contribution in [-0.4, -0.2) is 95.4 Å². The number of amides is 3. The predicted octanol–water partition coefficient (Wildman–Crippen LogP) is 2.33. The van der Waals surface area contributed by atoms with Gasteiger partial charge in [0.15, 0.2) is 0 Å². The molecule has 194 valence electrons. The molecule has 1 aromatic carbocycles. The molecule has 0 unspecified atom stereocenters. The highest BCUT2D eigenvalue weighted by Crippen LogP contribution is 2.37. The van der Waals surface area contributed by atoms with E-state index in [4.69, 9.17) is 14.6 Å². The number of nitrogens with zero attached hydrogens (tertiary/aromatic N) is 4. The van der Waals surface area contributed by atoms with Gasteiger partial charge in [0.2, 0.25) is 0 Å². The van der Waals surface area contributed by atoms with E-state index in [0.717, 1.165) is 29.8 Å². The lowest BCUT2D eigenvalue weighted by atomic mass is 9.85. The van der Waals surface area contributed by atoms with Gasteiger partial charge in [0.1, 0.15) is 17.9 Å². The van der Waals surface area contributed by atoms with Gasteiger partial charge in [-0.1, -0.05) is 18.2 Å². The molecule has 2 saturated heterocycles. The SMILES string of the molecule is COCCN1C(=O)N(CCCc2cccnc2)C(=O)C12CCN(Cc1cccc(OCCO)c1)CC2. The van der Waals surface area contributed by atoms with Crippen LogP contribution in [0.1, 0.15) is 30.4 Å². The van der Waals surface area contributed by atoms with Gasteiger partial charge in [-0.2, -0.15) is 0 Å². The monoisotopic (exact) mass is 496 g/mol. The standard InChI is InChI=1S/C27H36N4O5/c1-35-17-15-31-26(34)30(12-4-7-22-6-3-11-28-20-22)25(33)27(31)9-13-29(14-10-27)21-23-5-2-8-24(19-23)36-18-16-32/h2-3,5-6,8,11,19-20,32H,4,7,9-10,12-18,21H2,1H3. The van der Waals surface area contributed by atoms with E-state index in [1.807, 2.05) is 36.5 Å². The van der Waals surface area contributed by atoms with Gasteiger partial charge in [-0.25, -0.2) is 4.79 Å². The van der Waals surface area contributed by atoms with Crippen LogP contribution < -0.4 is 4.74 Å². The minimum absolute atomic E-state index is 0.0226. The third-order valence-electron chi connectivity index (χ3n) is 7.06. The topological polar surface area (TPSA) is 95.4 Å². The predicted molar refractivity (Wildman–Crippen MR) is 135 cm³/mol. The van der Waals surface area contributed by atoms with E-state index in [0.29, 0.717) is 52.0 Å². The number of aliphatic hydroxyl groups excluding tert-OH is 1. The molecule has 0 radical (unpaired) electrons. The molecule has 2 aliphatic rings. The molecule has 1 spiro atoms. The number of imide groups is 1. The maximum Gasteiger partial charge on any atom is 0.327 e. The molecule has 2 aliphatic heterocycles. The van der Waals surface area contributed by atoms with E-state index in [1.165, 1.54) is 4.90 Å². The average molecular weight is 497 g/mol. The number of likely N-dealkylation sites (tertiary alicyclic amines) is 1. The lowest BCUT2D eigenvalue weighted by Crippen LogP contribution is -2.57. The van der Waals surface area contributed by atoms with Crippen LogP contribution in [0.15, 0.2) is 48.8 Å². The van der Waals surface area contributed by atoms with Crippen LogP contribution in [0, 0.1) is 0 Å². The number of piperidine rings is 1. The highest BCUT2D eigenvalue weighted by molar-refractivity contribution is 6.07. The maximum atomic E-state index is 13.7. The first kappa shape index (κ1) is 26.1. The first-order valence-electron chi connectivity index (χ1n) is 12.6. The van der Waals surface area contributed by atoms with Crippen LogP contribution in [-0.2, 0) is 22.5 Å². The number of pyridine rings is 1. The van der Waals surface area contributed by atoms with Gasteiger partial charge in [0, 0.05) is 52.2 Å². The van der Waals surface area contributed by atoms with Crippen molar-refractivity contribution in [3.05, 3.63) is 59.9 Å². The number of benzene rings is 1. The Morgan fingerprint density at radius 2 is 1.86 bits per heavy atom. The normalized spacial score (nSPS) is 17.8. The minimum Gasteiger partial charge on any atom is -0.491 e. The lowest BCUT2D eigenvalue weighted by Gasteiger charge is -2.42. The number of rotatable bonds is 12. The fraction of sp³-hybridized carbons (Fsp3) is 0.519. The zero-order valence-electron chi connectivity index (χ0n) is 21.0. The first-order chi connectivity index (χ1) is 17.6. The van der Waals surface area contributed by atoms with Crippen molar-refractivity contribution in [3.8, 4) is 5.75 Å². The molecule has 2 aromatic rings. The molecular formula is C27H36N4O5. The summed E-state index contributed by atoms with van der Waals surface area (Å²) in [4.78, 5) is 36.7. The summed E-state index contributed by atoms with van der Waals surface area (Å²) in [6, 6.07) is 11.6. The molecule has 36 heavy (non-hydrogen) atoms. The smallest absolute Gasteiger partial charge is 0.327 e. The van der Waals surface area contributed by atoms with Crippen LogP contribution in [0.4, 0.5) is 4.79 Å². The van der Waals surface area contributed by atoms with Crippen LogP contribution in [0.5, 0.6) is 5.75 Å². The molecule has 9 nitrogen and oxygen atoms in total. The molecule has 0 saturated carbocycles. The van der Waals surface area contributed by atoms with Gasteiger partial charge in [0.25, 0.3) is 5.91 Å². The molecule has 1 N–H and O–H groups in total. The van der Waals surface area contributed by atoms with E-state index in [2.05, 4.69) is 16.0 Å². The quantitative estimate of drug-likeness (QED) is 0.451. The van der Waals surface area contributed by atoms with E-state index >= 15 is 0 Å². The number of urea groups is 1. The third kappa shape index (κ3) is 5.86. The van der Waals surface area contributed by atoms with Crippen LogP contribution in [0.3, 0.4) is 0 Å². The number of aromatic nitrogens is 1. The molecule has 3 amide bonds. The van der Waals surface area contributed by atoms with Crippen molar-refractivity contribution in [2.24, 2.45) is 0 Å². The van der Waals surface area contributed by atoms with Crippen molar-refractivity contribution < 1.29 is 24.2 Å². The minimum atomic E-state index is -0.799. The van der Waals surface area contributed by atoms with E-state index in [9.17, 15) is 9.59 Å². The van der Waals surface area contributed by atoms with Crippen molar-refractivity contribution in [2.75, 3.05) is 53.1 Å². The summed E-state index contributed by atoms with van der Waals surface area (Å²) in [6.07, 6.45) is 6.23. The highest BCUT2D eigenvalue weighted by atomic mass is 16.5. The fourth-order valence-corrected chi connectivity index (χ4v) is 5.18. The Labute approximate surface area is 212 Å². The summed E-state index contributed by atoms with van der Waals surface area (Å²) in [6.45, 7) is 3.62. The van der Waals surface area contributed by atoms with Crippen LogP contribution in [0.25, 0.3) is 0 Å². The second-order valence-corrected chi connectivity index (χ2v) is 9.38. The van der Waals surface area contributed by atoms with Crippen molar-refractivity contribution in [3.63, 3.8) is 0 Å². The molecule has 0 atom stereocenters. The summed E-state index contributed by atoms with van der Waals surface area (Å²) in [5, 5.41) is 8.99. The number of aryl methyl sites for hydroxylation is 1.